The van der Waals surface area contributed by atoms with E-state index >= 15 is 0 Å². The maximum Gasteiger partial charge on any atom is 0.404 e. The Labute approximate surface area is 132 Å². The van der Waals surface area contributed by atoms with Crippen LogP contribution < -0.4 is 5.32 Å². The SMILES string of the molecule is COCCn1ccc(C(=O)N[C@H]2CC[C@@H](C(F)(F)F)N(C)C2)n1. The first-order valence-corrected chi connectivity index (χ1v) is 7.41. The van der Waals surface area contributed by atoms with Crippen molar-refractivity contribution in [2.45, 2.75) is 37.6 Å². The smallest absolute Gasteiger partial charge is 0.383 e. The van der Waals surface area contributed by atoms with E-state index in [0.717, 1.165) is 0 Å². The molecule has 1 aliphatic heterocycles. The highest BCUT2D eigenvalue weighted by atomic mass is 19.4. The lowest BCUT2D eigenvalue weighted by molar-refractivity contribution is -0.188. The molecule has 1 aromatic rings. The summed E-state index contributed by atoms with van der Waals surface area (Å²) in [4.78, 5) is 13.4. The Kier molecular flexibility index (Phi) is 5.64. The van der Waals surface area contributed by atoms with Gasteiger partial charge in [-0.3, -0.25) is 14.4 Å². The molecule has 1 fully saturated rings. The molecule has 2 rings (SSSR count). The molecule has 0 spiro atoms. The molecule has 1 N–H and O–H groups in total. The summed E-state index contributed by atoms with van der Waals surface area (Å²) < 4.78 is 44.9. The zero-order valence-corrected chi connectivity index (χ0v) is 13.1. The van der Waals surface area contributed by atoms with E-state index in [0.29, 0.717) is 19.6 Å². The second-order valence-corrected chi connectivity index (χ2v) is 5.70. The molecule has 1 saturated heterocycles. The lowest BCUT2D eigenvalue weighted by atomic mass is 9.98. The average molecular weight is 334 g/mol. The molecule has 0 radical (unpaired) electrons. The first-order valence-electron chi connectivity index (χ1n) is 7.41. The molecule has 1 aromatic heterocycles. The molecule has 0 unspecified atom stereocenters. The van der Waals surface area contributed by atoms with Crippen molar-refractivity contribution in [2.24, 2.45) is 0 Å². The van der Waals surface area contributed by atoms with Crippen molar-refractivity contribution >= 4 is 5.91 Å². The number of nitrogens with one attached hydrogen (secondary N) is 1. The number of hydrogen-bond acceptors (Lipinski definition) is 4. The summed E-state index contributed by atoms with van der Waals surface area (Å²) in [7, 11) is 3.00. The number of likely N-dealkylation sites (tertiary alicyclic amines) is 1. The minimum atomic E-state index is -4.23. The number of rotatable bonds is 5. The topological polar surface area (TPSA) is 59.4 Å². The summed E-state index contributed by atoms with van der Waals surface area (Å²) >= 11 is 0. The van der Waals surface area contributed by atoms with Gasteiger partial charge in [0.1, 0.15) is 11.7 Å². The molecular weight excluding hydrogens is 313 g/mol. The molecule has 23 heavy (non-hydrogen) atoms. The third-order valence-electron chi connectivity index (χ3n) is 3.94. The lowest BCUT2D eigenvalue weighted by Gasteiger charge is -2.38. The van der Waals surface area contributed by atoms with Crippen LogP contribution in [0.4, 0.5) is 13.2 Å². The van der Waals surface area contributed by atoms with Gasteiger partial charge in [-0.2, -0.15) is 18.3 Å². The Morgan fingerprint density at radius 3 is 2.83 bits per heavy atom. The Hall–Kier alpha value is -1.61. The van der Waals surface area contributed by atoms with Crippen LogP contribution in [0.5, 0.6) is 0 Å². The molecule has 2 atom stereocenters. The van der Waals surface area contributed by atoms with E-state index in [1.54, 1.807) is 24.1 Å². The molecule has 0 aromatic carbocycles. The second-order valence-electron chi connectivity index (χ2n) is 5.70. The van der Waals surface area contributed by atoms with Gasteiger partial charge in [-0.15, -0.1) is 0 Å². The van der Waals surface area contributed by atoms with Crippen LogP contribution in [-0.4, -0.2) is 66.2 Å². The molecule has 2 heterocycles. The predicted molar refractivity (Wildman–Crippen MR) is 77.1 cm³/mol. The summed E-state index contributed by atoms with van der Waals surface area (Å²) in [5, 5.41) is 6.87. The monoisotopic (exact) mass is 334 g/mol. The Balaban J connectivity index is 1.88. The van der Waals surface area contributed by atoms with E-state index in [1.165, 1.54) is 11.9 Å². The van der Waals surface area contributed by atoms with Crippen LogP contribution in [0.3, 0.4) is 0 Å². The highest BCUT2D eigenvalue weighted by Gasteiger charge is 2.44. The summed E-state index contributed by atoms with van der Waals surface area (Å²) in [6.45, 7) is 1.18. The first-order chi connectivity index (χ1) is 10.8. The van der Waals surface area contributed by atoms with Crippen LogP contribution in [0.1, 0.15) is 23.3 Å². The average Bonchev–Trinajstić information content (AvgIpc) is 2.92. The van der Waals surface area contributed by atoms with E-state index in [9.17, 15) is 18.0 Å². The minimum absolute atomic E-state index is 0.0206. The third kappa shape index (κ3) is 4.68. The van der Waals surface area contributed by atoms with E-state index < -0.39 is 12.2 Å². The van der Waals surface area contributed by atoms with Crippen LogP contribution in [0.2, 0.25) is 0 Å². The zero-order chi connectivity index (χ0) is 17.0. The van der Waals surface area contributed by atoms with Gasteiger partial charge in [0.05, 0.1) is 13.2 Å². The normalized spacial score (nSPS) is 23.0. The van der Waals surface area contributed by atoms with Gasteiger partial charge < -0.3 is 10.1 Å². The fraction of sp³-hybridized carbons (Fsp3) is 0.714. The van der Waals surface area contributed by atoms with Gasteiger partial charge in [0.15, 0.2) is 0 Å². The van der Waals surface area contributed by atoms with Gasteiger partial charge in [0.25, 0.3) is 5.91 Å². The summed E-state index contributed by atoms with van der Waals surface area (Å²) in [5.41, 5.74) is 0.252. The number of carbonyl (C=O) groups excluding carboxylic acids is 1. The highest BCUT2D eigenvalue weighted by Crippen LogP contribution is 2.30. The van der Waals surface area contributed by atoms with Gasteiger partial charge in [0.2, 0.25) is 0 Å². The van der Waals surface area contributed by atoms with Gasteiger partial charge in [-0.05, 0) is 26.0 Å². The number of alkyl halides is 3. The molecular formula is C14H21F3N4O2. The van der Waals surface area contributed by atoms with Crippen molar-refractivity contribution in [3.05, 3.63) is 18.0 Å². The van der Waals surface area contributed by atoms with E-state index in [2.05, 4.69) is 10.4 Å². The predicted octanol–water partition coefficient (Wildman–Crippen LogP) is 1.28. The number of methoxy groups -OCH3 is 1. The van der Waals surface area contributed by atoms with E-state index in [-0.39, 0.29) is 30.6 Å². The van der Waals surface area contributed by atoms with Gasteiger partial charge >= 0.3 is 6.18 Å². The van der Waals surface area contributed by atoms with Crippen molar-refractivity contribution in [3.8, 4) is 0 Å². The van der Waals surface area contributed by atoms with E-state index in [1.807, 2.05) is 0 Å². The third-order valence-corrected chi connectivity index (χ3v) is 3.94. The number of nitrogens with zero attached hydrogens (tertiary/aromatic N) is 3. The van der Waals surface area contributed by atoms with Crippen molar-refractivity contribution in [1.82, 2.24) is 20.0 Å². The maximum absolute atomic E-state index is 12.8. The Morgan fingerprint density at radius 1 is 1.48 bits per heavy atom. The summed E-state index contributed by atoms with van der Waals surface area (Å²) in [6.07, 6.45) is -2.29. The number of carbonyl (C=O) groups is 1. The standard InChI is InChI=1S/C14H21F3N4O2/c1-20-9-10(3-4-12(20)14(15,16)17)18-13(22)11-5-6-21(19-11)7-8-23-2/h5-6,10,12H,3-4,7-9H2,1-2H3,(H,18,22)/t10-,12-/m0/s1. The summed E-state index contributed by atoms with van der Waals surface area (Å²) in [6, 6.07) is -0.171. The lowest BCUT2D eigenvalue weighted by Crippen LogP contribution is -2.54. The maximum atomic E-state index is 12.8. The largest absolute Gasteiger partial charge is 0.404 e. The fourth-order valence-electron chi connectivity index (χ4n) is 2.73. The molecule has 130 valence electrons. The number of piperidine rings is 1. The number of halogens is 3. The number of amides is 1. The fourth-order valence-corrected chi connectivity index (χ4v) is 2.73. The van der Waals surface area contributed by atoms with Crippen molar-refractivity contribution in [1.29, 1.82) is 0 Å². The van der Waals surface area contributed by atoms with Crippen LogP contribution >= 0.6 is 0 Å². The highest BCUT2D eigenvalue weighted by molar-refractivity contribution is 5.92. The molecule has 1 amide bonds. The van der Waals surface area contributed by atoms with Crippen LogP contribution in [-0.2, 0) is 11.3 Å². The van der Waals surface area contributed by atoms with Crippen LogP contribution in [0.25, 0.3) is 0 Å². The second kappa shape index (κ2) is 7.31. The Bertz CT molecular complexity index is 532. The quantitative estimate of drug-likeness (QED) is 0.881. The van der Waals surface area contributed by atoms with Crippen LogP contribution in [0, 0.1) is 0 Å². The van der Waals surface area contributed by atoms with Crippen molar-refractivity contribution in [2.75, 3.05) is 27.3 Å². The molecule has 0 saturated carbocycles. The van der Waals surface area contributed by atoms with E-state index in [4.69, 9.17) is 4.74 Å². The number of likely N-dealkylation sites (N-methyl/N-ethyl adjacent to an activating group) is 1. The van der Waals surface area contributed by atoms with Gasteiger partial charge in [-0.1, -0.05) is 0 Å². The zero-order valence-electron chi connectivity index (χ0n) is 13.1. The van der Waals surface area contributed by atoms with Crippen LogP contribution in [0.15, 0.2) is 12.3 Å². The summed E-state index contributed by atoms with van der Waals surface area (Å²) in [5.74, 6) is -0.370. The number of ether oxygens (including phenoxy) is 1. The minimum Gasteiger partial charge on any atom is -0.383 e. The molecule has 1 aliphatic rings. The molecule has 9 heteroatoms. The molecule has 0 aliphatic carbocycles. The van der Waals surface area contributed by atoms with Crippen molar-refractivity contribution < 1.29 is 22.7 Å². The van der Waals surface area contributed by atoms with Crippen molar-refractivity contribution in [3.63, 3.8) is 0 Å². The van der Waals surface area contributed by atoms with Gasteiger partial charge in [-0.25, -0.2) is 0 Å². The number of hydrogen-bond donors (Lipinski definition) is 1. The Morgan fingerprint density at radius 2 is 2.22 bits per heavy atom. The number of aromatic nitrogens is 2. The molecule has 0 bridgehead atoms. The molecule has 6 nitrogen and oxygen atoms in total. The first kappa shape index (κ1) is 17.7. The van der Waals surface area contributed by atoms with Gasteiger partial charge in [0, 0.05) is 25.9 Å².